The van der Waals surface area contributed by atoms with Crippen LogP contribution in [0.2, 0.25) is 0 Å². The van der Waals surface area contributed by atoms with E-state index in [-0.39, 0.29) is 0 Å². The van der Waals surface area contributed by atoms with Crippen LogP contribution in [0.5, 0.6) is 5.75 Å². The molecule has 0 aliphatic carbocycles. The minimum absolute atomic E-state index is 0.891. The second kappa shape index (κ2) is 5.55. The Morgan fingerprint density at radius 2 is 2.11 bits per heavy atom. The van der Waals surface area contributed by atoms with Gasteiger partial charge in [-0.05, 0) is 23.6 Å². The van der Waals surface area contributed by atoms with Gasteiger partial charge in [-0.3, -0.25) is 9.88 Å². The van der Waals surface area contributed by atoms with E-state index < -0.39 is 0 Å². The largest absolute Gasteiger partial charge is 0.497 e. The van der Waals surface area contributed by atoms with E-state index in [1.54, 1.807) is 7.11 Å². The van der Waals surface area contributed by atoms with Crippen LogP contribution in [0.25, 0.3) is 10.8 Å². The summed E-state index contributed by atoms with van der Waals surface area (Å²) in [4.78, 5) is 7.00. The van der Waals surface area contributed by atoms with Crippen molar-refractivity contribution in [2.45, 2.75) is 6.54 Å². The average Bonchev–Trinajstić information content (AvgIpc) is 2.48. The van der Waals surface area contributed by atoms with E-state index >= 15 is 0 Å². The summed E-state index contributed by atoms with van der Waals surface area (Å²) in [5.74, 6) is 0.891. The Hall–Kier alpha value is -1.65. The summed E-state index contributed by atoms with van der Waals surface area (Å²) in [5.41, 5.74) is 1.14. The molecule has 0 unspecified atom stereocenters. The van der Waals surface area contributed by atoms with Crippen molar-refractivity contribution < 1.29 is 4.74 Å². The van der Waals surface area contributed by atoms with Crippen LogP contribution in [0.3, 0.4) is 0 Å². The number of hydrogen-bond donors (Lipinski definition) is 1. The van der Waals surface area contributed by atoms with Crippen molar-refractivity contribution in [1.29, 1.82) is 0 Å². The first-order valence-corrected chi connectivity index (χ1v) is 6.71. The van der Waals surface area contributed by atoms with E-state index in [0.717, 1.165) is 44.2 Å². The molecule has 1 aliphatic heterocycles. The Morgan fingerprint density at radius 1 is 1.26 bits per heavy atom. The van der Waals surface area contributed by atoms with Crippen molar-refractivity contribution in [2.75, 3.05) is 33.3 Å². The quantitative estimate of drug-likeness (QED) is 0.907. The van der Waals surface area contributed by atoms with Gasteiger partial charge in [0.1, 0.15) is 5.75 Å². The highest BCUT2D eigenvalue weighted by atomic mass is 16.5. The third-order valence-electron chi connectivity index (χ3n) is 3.64. The number of fused-ring (bicyclic) bond motifs is 1. The Balaban J connectivity index is 1.92. The number of nitrogens with one attached hydrogen (secondary N) is 1. The van der Waals surface area contributed by atoms with Crippen molar-refractivity contribution in [3.05, 3.63) is 36.2 Å². The number of benzene rings is 1. The number of methoxy groups -OCH3 is 1. The van der Waals surface area contributed by atoms with Crippen molar-refractivity contribution >= 4 is 10.8 Å². The summed E-state index contributed by atoms with van der Waals surface area (Å²) in [7, 11) is 1.70. The first kappa shape index (κ1) is 12.4. The highest BCUT2D eigenvalue weighted by Crippen LogP contribution is 2.23. The molecule has 4 heteroatoms. The van der Waals surface area contributed by atoms with Gasteiger partial charge in [0.2, 0.25) is 0 Å². The number of pyridine rings is 1. The number of hydrogen-bond acceptors (Lipinski definition) is 4. The summed E-state index contributed by atoms with van der Waals surface area (Å²) >= 11 is 0. The Kier molecular flexibility index (Phi) is 3.62. The van der Waals surface area contributed by atoms with Crippen molar-refractivity contribution in [3.8, 4) is 5.75 Å². The first-order valence-electron chi connectivity index (χ1n) is 6.71. The molecule has 1 saturated heterocycles. The molecule has 19 heavy (non-hydrogen) atoms. The minimum atomic E-state index is 0.891. The van der Waals surface area contributed by atoms with Gasteiger partial charge in [0, 0.05) is 44.3 Å². The van der Waals surface area contributed by atoms with Gasteiger partial charge in [-0.2, -0.15) is 0 Å². The van der Waals surface area contributed by atoms with Crippen LogP contribution in [0.1, 0.15) is 5.69 Å². The fraction of sp³-hybridized carbons (Fsp3) is 0.400. The lowest BCUT2D eigenvalue weighted by Crippen LogP contribution is -2.43. The third-order valence-corrected chi connectivity index (χ3v) is 3.64. The van der Waals surface area contributed by atoms with E-state index in [1.807, 2.05) is 12.3 Å². The molecule has 1 aliphatic rings. The maximum atomic E-state index is 5.32. The fourth-order valence-corrected chi connectivity index (χ4v) is 2.54. The number of aromatic nitrogens is 1. The predicted octanol–water partition coefficient (Wildman–Crippen LogP) is 1.65. The van der Waals surface area contributed by atoms with E-state index in [9.17, 15) is 0 Å². The maximum Gasteiger partial charge on any atom is 0.119 e. The van der Waals surface area contributed by atoms with Gasteiger partial charge in [0.25, 0.3) is 0 Å². The summed E-state index contributed by atoms with van der Waals surface area (Å²) in [6, 6.07) is 8.23. The average molecular weight is 257 g/mol. The monoisotopic (exact) mass is 257 g/mol. The van der Waals surface area contributed by atoms with Crippen LogP contribution >= 0.6 is 0 Å². The van der Waals surface area contributed by atoms with Gasteiger partial charge in [0.05, 0.1) is 12.8 Å². The Bertz CT molecular complexity index is 564. The highest BCUT2D eigenvalue weighted by molar-refractivity contribution is 5.85. The zero-order valence-corrected chi connectivity index (χ0v) is 11.2. The molecular weight excluding hydrogens is 238 g/mol. The topological polar surface area (TPSA) is 37.4 Å². The molecule has 0 bridgehead atoms. The van der Waals surface area contributed by atoms with Crippen molar-refractivity contribution in [1.82, 2.24) is 15.2 Å². The molecule has 1 aromatic carbocycles. The van der Waals surface area contributed by atoms with E-state index in [0.29, 0.717) is 0 Å². The van der Waals surface area contributed by atoms with Crippen LogP contribution < -0.4 is 10.1 Å². The molecular formula is C15H19N3O. The molecule has 0 spiro atoms. The second-order valence-electron chi connectivity index (χ2n) is 4.87. The van der Waals surface area contributed by atoms with Gasteiger partial charge in [0.15, 0.2) is 0 Å². The number of nitrogens with zero attached hydrogens (tertiary/aromatic N) is 2. The fourth-order valence-electron chi connectivity index (χ4n) is 2.54. The predicted molar refractivity (Wildman–Crippen MR) is 76.4 cm³/mol. The lowest BCUT2D eigenvalue weighted by Gasteiger charge is -2.27. The molecule has 2 heterocycles. The maximum absolute atomic E-state index is 5.32. The molecule has 1 aromatic heterocycles. The lowest BCUT2D eigenvalue weighted by atomic mass is 10.1. The summed E-state index contributed by atoms with van der Waals surface area (Å²) in [5, 5.41) is 5.79. The van der Waals surface area contributed by atoms with E-state index in [1.165, 1.54) is 10.8 Å². The molecule has 1 N–H and O–H groups in total. The summed E-state index contributed by atoms with van der Waals surface area (Å²) < 4.78 is 5.32. The zero-order valence-electron chi connectivity index (χ0n) is 11.2. The van der Waals surface area contributed by atoms with E-state index in [4.69, 9.17) is 4.74 Å². The number of ether oxygens (including phenoxy) is 1. The van der Waals surface area contributed by atoms with Crippen molar-refractivity contribution in [3.63, 3.8) is 0 Å². The number of piperazine rings is 1. The SMILES string of the molecule is COc1ccc2ccnc(CN3CCNCC3)c2c1. The second-order valence-corrected chi connectivity index (χ2v) is 4.87. The minimum Gasteiger partial charge on any atom is -0.497 e. The third kappa shape index (κ3) is 2.69. The zero-order chi connectivity index (χ0) is 13.1. The molecule has 3 rings (SSSR count). The van der Waals surface area contributed by atoms with Crippen LogP contribution in [0.15, 0.2) is 30.5 Å². The van der Waals surface area contributed by atoms with Crippen LogP contribution in [0.4, 0.5) is 0 Å². The Morgan fingerprint density at radius 3 is 2.89 bits per heavy atom. The van der Waals surface area contributed by atoms with Gasteiger partial charge in [-0.15, -0.1) is 0 Å². The molecule has 2 aromatic rings. The molecule has 1 fully saturated rings. The van der Waals surface area contributed by atoms with Crippen LogP contribution in [-0.4, -0.2) is 43.2 Å². The standard InChI is InChI=1S/C15H19N3O/c1-19-13-3-2-12-4-5-17-15(14(12)10-13)11-18-8-6-16-7-9-18/h2-5,10,16H,6-9,11H2,1H3. The smallest absolute Gasteiger partial charge is 0.119 e. The first-order chi connectivity index (χ1) is 9.36. The lowest BCUT2D eigenvalue weighted by molar-refractivity contribution is 0.231. The molecule has 100 valence electrons. The highest BCUT2D eigenvalue weighted by Gasteiger charge is 2.12. The summed E-state index contributed by atoms with van der Waals surface area (Å²) in [6.45, 7) is 5.21. The Labute approximate surface area is 113 Å². The van der Waals surface area contributed by atoms with Crippen molar-refractivity contribution in [2.24, 2.45) is 0 Å². The number of rotatable bonds is 3. The molecule has 4 nitrogen and oxygen atoms in total. The summed E-state index contributed by atoms with van der Waals surface area (Å²) in [6.07, 6.45) is 1.90. The molecule has 0 saturated carbocycles. The van der Waals surface area contributed by atoms with E-state index in [2.05, 4.69) is 33.4 Å². The van der Waals surface area contributed by atoms with Gasteiger partial charge >= 0.3 is 0 Å². The molecule has 0 radical (unpaired) electrons. The molecule has 0 amide bonds. The van der Waals surface area contributed by atoms with Gasteiger partial charge in [-0.1, -0.05) is 6.07 Å². The molecule has 0 atom stereocenters. The van der Waals surface area contributed by atoms with Crippen LogP contribution in [0, 0.1) is 0 Å². The van der Waals surface area contributed by atoms with Gasteiger partial charge < -0.3 is 10.1 Å². The van der Waals surface area contributed by atoms with Gasteiger partial charge in [-0.25, -0.2) is 0 Å². The van der Waals surface area contributed by atoms with Crippen LogP contribution in [-0.2, 0) is 6.54 Å². The normalized spacial score (nSPS) is 16.7.